The molecule has 0 fully saturated rings. The van der Waals surface area contributed by atoms with Crippen molar-refractivity contribution in [2.24, 2.45) is 0 Å². The van der Waals surface area contributed by atoms with Gasteiger partial charge in [-0.2, -0.15) is 0 Å². The van der Waals surface area contributed by atoms with E-state index in [2.05, 4.69) is 56.4 Å². The molecule has 0 bridgehead atoms. The fraction of sp³-hybridized carbons (Fsp3) is 0.438. The normalized spacial score (nSPS) is 11.2. The van der Waals surface area contributed by atoms with Crippen molar-refractivity contribution >= 4 is 11.3 Å². The molecule has 0 saturated carbocycles. The molecular weight excluding hydrogens is 252 g/mol. The minimum atomic E-state index is 0.518. The number of rotatable bonds is 6. The molecule has 0 aliphatic heterocycles. The summed E-state index contributed by atoms with van der Waals surface area (Å²) in [6, 6.07) is 11.1. The number of nitrogens with one attached hydrogen (secondary N) is 1. The summed E-state index contributed by atoms with van der Waals surface area (Å²) in [4.78, 5) is 6.17. The summed E-state index contributed by atoms with van der Waals surface area (Å²) in [6.07, 6.45) is 1.96. The zero-order chi connectivity index (χ0) is 13.7. The lowest BCUT2D eigenvalue weighted by atomic mass is 10.2. The predicted octanol–water partition coefficient (Wildman–Crippen LogP) is 3.79. The Morgan fingerprint density at radius 3 is 2.58 bits per heavy atom. The van der Waals surface area contributed by atoms with Crippen molar-refractivity contribution < 1.29 is 0 Å². The van der Waals surface area contributed by atoms with Crippen LogP contribution in [0.25, 0.3) is 0 Å². The van der Waals surface area contributed by atoms with Crippen LogP contribution in [-0.4, -0.2) is 11.0 Å². The summed E-state index contributed by atoms with van der Waals surface area (Å²) in [5.74, 6) is 0. The lowest BCUT2D eigenvalue weighted by Crippen LogP contribution is -2.21. The standard InChI is InChI=1S/C16H22N2S/c1-4-14-15(11-17-12(2)3)19-16(18-14)10-13-8-6-5-7-9-13/h5-9,12,17H,4,10-11H2,1-3H3. The number of aryl methyl sites for hydroxylation is 1. The first-order valence-electron chi connectivity index (χ1n) is 6.93. The van der Waals surface area contributed by atoms with Crippen LogP contribution < -0.4 is 5.32 Å². The Kier molecular flexibility index (Phi) is 5.11. The summed E-state index contributed by atoms with van der Waals surface area (Å²) in [7, 11) is 0. The Morgan fingerprint density at radius 2 is 1.95 bits per heavy atom. The van der Waals surface area contributed by atoms with Gasteiger partial charge in [0.05, 0.1) is 10.7 Å². The van der Waals surface area contributed by atoms with Crippen LogP contribution in [0.5, 0.6) is 0 Å². The van der Waals surface area contributed by atoms with Crippen LogP contribution in [0.2, 0.25) is 0 Å². The second kappa shape index (κ2) is 6.83. The summed E-state index contributed by atoms with van der Waals surface area (Å²) < 4.78 is 0. The topological polar surface area (TPSA) is 24.9 Å². The van der Waals surface area contributed by atoms with Crippen LogP contribution in [0.1, 0.15) is 41.9 Å². The van der Waals surface area contributed by atoms with Crippen LogP contribution in [0, 0.1) is 0 Å². The van der Waals surface area contributed by atoms with Crippen molar-refractivity contribution in [2.75, 3.05) is 0 Å². The molecule has 2 rings (SSSR count). The molecule has 0 amide bonds. The van der Waals surface area contributed by atoms with E-state index in [1.165, 1.54) is 21.1 Å². The molecule has 3 heteroatoms. The van der Waals surface area contributed by atoms with Gasteiger partial charge in [0.2, 0.25) is 0 Å². The maximum atomic E-state index is 4.78. The highest BCUT2D eigenvalue weighted by atomic mass is 32.1. The zero-order valence-electron chi connectivity index (χ0n) is 11.9. The second-order valence-corrected chi connectivity index (χ2v) is 6.20. The first kappa shape index (κ1) is 14.2. The highest BCUT2D eigenvalue weighted by molar-refractivity contribution is 7.11. The summed E-state index contributed by atoms with van der Waals surface area (Å²) >= 11 is 1.85. The van der Waals surface area contributed by atoms with Gasteiger partial charge < -0.3 is 5.32 Å². The molecule has 0 aliphatic rings. The highest BCUT2D eigenvalue weighted by Crippen LogP contribution is 2.22. The van der Waals surface area contributed by atoms with Gasteiger partial charge in [0.15, 0.2) is 0 Å². The number of hydrogen-bond donors (Lipinski definition) is 1. The molecule has 1 heterocycles. The van der Waals surface area contributed by atoms with Crippen molar-refractivity contribution in [2.45, 2.75) is 46.2 Å². The van der Waals surface area contributed by atoms with Gasteiger partial charge in [-0.1, -0.05) is 51.1 Å². The van der Waals surface area contributed by atoms with Crippen LogP contribution >= 0.6 is 11.3 Å². The second-order valence-electron chi connectivity index (χ2n) is 5.03. The first-order chi connectivity index (χ1) is 9.19. The number of hydrogen-bond acceptors (Lipinski definition) is 3. The van der Waals surface area contributed by atoms with E-state index in [0.29, 0.717) is 6.04 Å². The molecule has 1 aromatic carbocycles. The van der Waals surface area contributed by atoms with E-state index >= 15 is 0 Å². The molecule has 0 radical (unpaired) electrons. The average molecular weight is 274 g/mol. The monoisotopic (exact) mass is 274 g/mol. The molecular formula is C16H22N2S. The number of nitrogens with zero attached hydrogens (tertiary/aromatic N) is 1. The van der Waals surface area contributed by atoms with Crippen molar-refractivity contribution in [3.63, 3.8) is 0 Å². The number of thiazole rings is 1. The van der Waals surface area contributed by atoms with Crippen molar-refractivity contribution in [1.82, 2.24) is 10.3 Å². The van der Waals surface area contributed by atoms with Gasteiger partial charge in [-0.15, -0.1) is 11.3 Å². The van der Waals surface area contributed by atoms with Gasteiger partial charge in [-0.3, -0.25) is 0 Å². The minimum absolute atomic E-state index is 0.518. The third kappa shape index (κ3) is 4.15. The van der Waals surface area contributed by atoms with Crippen LogP contribution in [0.4, 0.5) is 0 Å². The molecule has 2 nitrogen and oxygen atoms in total. The van der Waals surface area contributed by atoms with Crippen LogP contribution in [0.15, 0.2) is 30.3 Å². The van der Waals surface area contributed by atoms with Gasteiger partial charge in [-0.05, 0) is 12.0 Å². The maximum Gasteiger partial charge on any atom is 0.0975 e. The van der Waals surface area contributed by atoms with Gasteiger partial charge >= 0.3 is 0 Å². The Morgan fingerprint density at radius 1 is 1.21 bits per heavy atom. The van der Waals surface area contributed by atoms with Crippen LogP contribution in [-0.2, 0) is 19.4 Å². The Bertz CT molecular complexity index is 503. The van der Waals surface area contributed by atoms with Crippen molar-refractivity contribution in [3.05, 3.63) is 51.5 Å². The lowest BCUT2D eigenvalue weighted by molar-refractivity contribution is 0.590. The highest BCUT2D eigenvalue weighted by Gasteiger charge is 2.10. The summed E-state index contributed by atoms with van der Waals surface area (Å²) in [5.41, 5.74) is 2.59. The smallest absolute Gasteiger partial charge is 0.0975 e. The van der Waals surface area contributed by atoms with E-state index in [9.17, 15) is 0 Å². The SMILES string of the molecule is CCc1nc(Cc2ccccc2)sc1CNC(C)C. The number of benzene rings is 1. The van der Waals surface area contributed by atoms with Crippen molar-refractivity contribution in [3.8, 4) is 0 Å². The molecule has 0 aliphatic carbocycles. The van der Waals surface area contributed by atoms with Gasteiger partial charge in [0.25, 0.3) is 0 Å². The molecule has 0 spiro atoms. The van der Waals surface area contributed by atoms with E-state index in [1.54, 1.807) is 0 Å². The summed E-state index contributed by atoms with van der Waals surface area (Å²) in [5, 5.41) is 4.71. The van der Waals surface area contributed by atoms with E-state index in [1.807, 2.05) is 11.3 Å². The predicted molar refractivity (Wildman–Crippen MR) is 82.7 cm³/mol. The first-order valence-corrected chi connectivity index (χ1v) is 7.75. The van der Waals surface area contributed by atoms with Gasteiger partial charge in [-0.25, -0.2) is 4.98 Å². The average Bonchev–Trinajstić information content (AvgIpc) is 2.79. The third-order valence-electron chi connectivity index (χ3n) is 3.03. The fourth-order valence-electron chi connectivity index (χ4n) is 1.99. The lowest BCUT2D eigenvalue weighted by Gasteiger charge is -2.06. The van der Waals surface area contributed by atoms with E-state index in [4.69, 9.17) is 4.98 Å². The third-order valence-corrected chi connectivity index (χ3v) is 4.12. The Hall–Kier alpha value is -1.19. The molecule has 1 N–H and O–H groups in total. The molecule has 0 saturated heterocycles. The molecule has 1 aromatic heterocycles. The Balaban J connectivity index is 2.10. The van der Waals surface area contributed by atoms with Crippen molar-refractivity contribution in [1.29, 1.82) is 0 Å². The van der Waals surface area contributed by atoms with E-state index in [-0.39, 0.29) is 0 Å². The largest absolute Gasteiger partial charge is 0.310 e. The van der Waals surface area contributed by atoms with E-state index < -0.39 is 0 Å². The van der Waals surface area contributed by atoms with E-state index in [0.717, 1.165) is 19.4 Å². The molecule has 102 valence electrons. The maximum absolute atomic E-state index is 4.78. The van der Waals surface area contributed by atoms with Crippen LogP contribution in [0.3, 0.4) is 0 Å². The molecule has 19 heavy (non-hydrogen) atoms. The Labute approximate surface area is 119 Å². The minimum Gasteiger partial charge on any atom is -0.310 e. The van der Waals surface area contributed by atoms with Gasteiger partial charge in [0.1, 0.15) is 0 Å². The fourth-order valence-corrected chi connectivity index (χ4v) is 3.14. The molecule has 0 unspecified atom stereocenters. The molecule has 0 atom stereocenters. The number of aromatic nitrogens is 1. The summed E-state index contributed by atoms with van der Waals surface area (Å²) in [6.45, 7) is 7.47. The zero-order valence-corrected chi connectivity index (χ0v) is 12.8. The molecule has 2 aromatic rings. The van der Waals surface area contributed by atoms with Gasteiger partial charge in [0, 0.05) is 23.9 Å². The quantitative estimate of drug-likeness (QED) is 0.867.